The van der Waals surface area contributed by atoms with Crippen molar-refractivity contribution in [2.75, 3.05) is 17.2 Å². The van der Waals surface area contributed by atoms with Gasteiger partial charge in [0.05, 0.1) is 6.54 Å². The van der Waals surface area contributed by atoms with E-state index in [1.54, 1.807) is 0 Å². The summed E-state index contributed by atoms with van der Waals surface area (Å²) >= 11 is 1.43. The van der Waals surface area contributed by atoms with Crippen LogP contribution in [0.2, 0.25) is 0 Å². The summed E-state index contributed by atoms with van der Waals surface area (Å²) in [5, 5.41) is 15.3. The predicted octanol–water partition coefficient (Wildman–Crippen LogP) is 2.85. The van der Waals surface area contributed by atoms with Crippen molar-refractivity contribution >= 4 is 28.1 Å². The second-order valence-electron chi connectivity index (χ2n) is 4.52. The number of hydrogen-bond acceptors (Lipinski definition) is 5. The maximum absolute atomic E-state index is 11.8. The Hall–Kier alpha value is -1.95. The van der Waals surface area contributed by atoms with Crippen LogP contribution in [0.1, 0.15) is 23.9 Å². The highest BCUT2D eigenvalue weighted by Gasteiger charge is 2.07. The average molecular weight is 290 g/mol. The van der Waals surface area contributed by atoms with E-state index in [1.807, 2.05) is 31.2 Å². The van der Waals surface area contributed by atoms with Crippen molar-refractivity contribution < 1.29 is 4.79 Å². The molecule has 0 aliphatic carbocycles. The number of nitrogens with one attached hydrogen (secondary N) is 2. The standard InChI is InChI=1S/C14H18N4OS/c1-3-5-13-17-18-14(20-13)16-12(19)9-15-11-7-4-6-10(2)8-11/h4,6-8,15H,3,5,9H2,1-2H3,(H,16,18,19). The van der Waals surface area contributed by atoms with E-state index in [0.29, 0.717) is 5.13 Å². The third kappa shape index (κ3) is 4.31. The molecule has 0 bridgehead atoms. The van der Waals surface area contributed by atoms with Crippen LogP contribution in [-0.2, 0) is 11.2 Å². The van der Waals surface area contributed by atoms with Crippen LogP contribution in [-0.4, -0.2) is 22.6 Å². The summed E-state index contributed by atoms with van der Waals surface area (Å²) < 4.78 is 0. The van der Waals surface area contributed by atoms with Gasteiger partial charge in [0.25, 0.3) is 0 Å². The van der Waals surface area contributed by atoms with Gasteiger partial charge in [0.1, 0.15) is 5.01 Å². The lowest BCUT2D eigenvalue weighted by Crippen LogP contribution is -2.21. The summed E-state index contributed by atoms with van der Waals surface area (Å²) in [6.07, 6.45) is 1.92. The zero-order valence-corrected chi connectivity index (χ0v) is 12.5. The van der Waals surface area contributed by atoms with Crippen LogP contribution in [0, 0.1) is 6.92 Å². The highest BCUT2D eigenvalue weighted by atomic mass is 32.1. The van der Waals surface area contributed by atoms with Gasteiger partial charge in [-0.1, -0.05) is 30.4 Å². The van der Waals surface area contributed by atoms with Gasteiger partial charge in [0.15, 0.2) is 0 Å². The minimum absolute atomic E-state index is 0.120. The molecule has 1 heterocycles. The highest BCUT2D eigenvalue weighted by molar-refractivity contribution is 7.15. The van der Waals surface area contributed by atoms with Crippen molar-refractivity contribution in [1.29, 1.82) is 0 Å². The van der Waals surface area contributed by atoms with Gasteiger partial charge < -0.3 is 5.32 Å². The first kappa shape index (κ1) is 14.5. The summed E-state index contributed by atoms with van der Waals surface area (Å²) in [5.74, 6) is -0.120. The first-order valence-electron chi connectivity index (χ1n) is 6.60. The van der Waals surface area contributed by atoms with Crippen LogP contribution in [0.3, 0.4) is 0 Å². The van der Waals surface area contributed by atoms with Crippen molar-refractivity contribution in [2.45, 2.75) is 26.7 Å². The molecule has 0 aliphatic rings. The normalized spacial score (nSPS) is 10.3. The molecule has 0 unspecified atom stereocenters. The smallest absolute Gasteiger partial charge is 0.245 e. The molecule has 2 rings (SSSR count). The molecule has 0 radical (unpaired) electrons. The van der Waals surface area contributed by atoms with E-state index in [2.05, 4.69) is 27.8 Å². The van der Waals surface area contributed by atoms with E-state index in [1.165, 1.54) is 11.3 Å². The van der Waals surface area contributed by atoms with E-state index in [-0.39, 0.29) is 12.5 Å². The number of rotatable bonds is 6. The molecule has 2 aromatic rings. The molecule has 6 heteroatoms. The van der Waals surface area contributed by atoms with Crippen LogP contribution >= 0.6 is 11.3 Å². The first-order valence-corrected chi connectivity index (χ1v) is 7.42. The molecule has 0 saturated heterocycles. The van der Waals surface area contributed by atoms with Crippen LogP contribution in [0.4, 0.5) is 10.8 Å². The third-order valence-corrected chi connectivity index (χ3v) is 3.55. The van der Waals surface area contributed by atoms with Gasteiger partial charge in [0, 0.05) is 12.1 Å². The molecule has 20 heavy (non-hydrogen) atoms. The van der Waals surface area contributed by atoms with Gasteiger partial charge in [-0.25, -0.2) is 0 Å². The average Bonchev–Trinajstić information content (AvgIpc) is 2.84. The summed E-state index contributed by atoms with van der Waals surface area (Å²) in [6, 6.07) is 7.90. The third-order valence-electron chi connectivity index (χ3n) is 2.65. The quantitative estimate of drug-likeness (QED) is 0.858. The summed E-state index contributed by atoms with van der Waals surface area (Å²) in [4.78, 5) is 11.8. The van der Waals surface area contributed by atoms with E-state index < -0.39 is 0 Å². The van der Waals surface area contributed by atoms with Crippen LogP contribution < -0.4 is 10.6 Å². The number of amides is 1. The Morgan fingerprint density at radius 2 is 2.20 bits per heavy atom. The van der Waals surface area contributed by atoms with E-state index >= 15 is 0 Å². The molecular formula is C14H18N4OS. The van der Waals surface area contributed by atoms with E-state index in [0.717, 1.165) is 29.1 Å². The first-order chi connectivity index (χ1) is 9.67. The fourth-order valence-electron chi connectivity index (χ4n) is 1.72. The van der Waals surface area contributed by atoms with Crippen molar-refractivity contribution in [3.05, 3.63) is 34.8 Å². The zero-order valence-electron chi connectivity index (χ0n) is 11.6. The minimum Gasteiger partial charge on any atom is -0.376 e. The topological polar surface area (TPSA) is 66.9 Å². The molecule has 5 nitrogen and oxygen atoms in total. The SMILES string of the molecule is CCCc1nnc(NC(=O)CNc2cccc(C)c2)s1. The number of anilines is 2. The van der Waals surface area contributed by atoms with Crippen LogP contribution in [0.5, 0.6) is 0 Å². The Balaban J connectivity index is 1.82. The zero-order chi connectivity index (χ0) is 14.4. The van der Waals surface area contributed by atoms with E-state index in [9.17, 15) is 4.79 Å². The molecule has 0 spiro atoms. The molecular weight excluding hydrogens is 272 g/mol. The highest BCUT2D eigenvalue weighted by Crippen LogP contribution is 2.16. The fraction of sp³-hybridized carbons (Fsp3) is 0.357. The summed E-state index contributed by atoms with van der Waals surface area (Å²) in [5.41, 5.74) is 2.09. The van der Waals surface area contributed by atoms with Gasteiger partial charge in [-0.3, -0.25) is 10.1 Å². The minimum atomic E-state index is -0.120. The van der Waals surface area contributed by atoms with E-state index in [4.69, 9.17) is 0 Å². The Labute approximate surface area is 122 Å². The second-order valence-corrected chi connectivity index (χ2v) is 5.58. The molecule has 1 amide bonds. The summed E-state index contributed by atoms with van der Waals surface area (Å²) in [7, 11) is 0. The predicted molar refractivity (Wildman–Crippen MR) is 82.2 cm³/mol. The van der Waals surface area contributed by atoms with Crippen molar-refractivity contribution in [2.24, 2.45) is 0 Å². The van der Waals surface area contributed by atoms with Gasteiger partial charge in [0.2, 0.25) is 11.0 Å². The molecule has 0 fully saturated rings. The molecule has 0 saturated carbocycles. The van der Waals surface area contributed by atoms with Crippen molar-refractivity contribution in [1.82, 2.24) is 10.2 Å². The molecule has 106 valence electrons. The fourth-order valence-corrected chi connectivity index (χ4v) is 2.58. The molecule has 0 aliphatic heterocycles. The maximum atomic E-state index is 11.8. The summed E-state index contributed by atoms with van der Waals surface area (Å²) in [6.45, 7) is 4.32. The Bertz CT molecular complexity index is 582. The number of aryl methyl sites for hydroxylation is 2. The monoisotopic (exact) mass is 290 g/mol. The second kappa shape index (κ2) is 7.00. The molecule has 1 aromatic heterocycles. The number of aromatic nitrogens is 2. The number of benzene rings is 1. The maximum Gasteiger partial charge on any atom is 0.245 e. The molecule has 2 N–H and O–H groups in total. The number of hydrogen-bond donors (Lipinski definition) is 2. The lowest BCUT2D eigenvalue weighted by Gasteiger charge is -2.06. The van der Waals surface area contributed by atoms with Gasteiger partial charge in [-0.15, -0.1) is 10.2 Å². The molecule has 0 atom stereocenters. The number of nitrogens with zero attached hydrogens (tertiary/aromatic N) is 2. The number of carbonyl (C=O) groups is 1. The lowest BCUT2D eigenvalue weighted by molar-refractivity contribution is -0.114. The Kier molecular flexibility index (Phi) is 5.06. The number of carbonyl (C=O) groups excluding carboxylic acids is 1. The largest absolute Gasteiger partial charge is 0.376 e. The van der Waals surface area contributed by atoms with Gasteiger partial charge in [-0.05, 0) is 31.0 Å². The van der Waals surface area contributed by atoms with Crippen LogP contribution in [0.15, 0.2) is 24.3 Å². The van der Waals surface area contributed by atoms with Crippen molar-refractivity contribution in [3.63, 3.8) is 0 Å². The van der Waals surface area contributed by atoms with Crippen LogP contribution in [0.25, 0.3) is 0 Å². The molecule has 1 aromatic carbocycles. The Morgan fingerprint density at radius 1 is 1.35 bits per heavy atom. The van der Waals surface area contributed by atoms with Gasteiger partial charge >= 0.3 is 0 Å². The van der Waals surface area contributed by atoms with Crippen molar-refractivity contribution in [3.8, 4) is 0 Å². The Morgan fingerprint density at radius 3 is 2.95 bits per heavy atom. The van der Waals surface area contributed by atoms with Gasteiger partial charge in [-0.2, -0.15) is 0 Å². The lowest BCUT2D eigenvalue weighted by atomic mass is 10.2.